The van der Waals surface area contributed by atoms with Crippen LogP contribution >= 0.6 is 27.3 Å². The SMILES string of the molecule is Brc1csc(CN2CCOC[C@@]23CCOC3)c1. The summed E-state index contributed by atoms with van der Waals surface area (Å²) in [5, 5.41) is 2.15. The van der Waals surface area contributed by atoms with Crippen molar-refractivity contribution in [3.63, 3.8) is 0 Å². The second-order valence-electron chi connectivity index (χ2n) is 4.73. The van der Waals surface area contributed by atoms with E-state index < -0.39 is 0 Å². The highest BCUT2D eigenvalue weighted by Gasteiger charge is 2.43. The normalized spacial score (nSPS) is 30.2. The Morgan fingerprint density at radius 2 is 2.18 bits per heavy atom. The van der Waals surface area contributed by atoms with Crippen LogP contribution in [0.15, 0.2) is 15.9 Å². The Morgan fingerprint density at radius 3 is 2.88 bits per heavy atom. The fourth-order valence-electron chi connectivity index (χ4n) is 2.60. The van der Waals surface area contributed by atoms with Crippen LogP contribution in [0.5, 0.6) is 0 Å². The highest BCUT2D eigenvalue weighted by Crippen LogP contribution is 2.32. The molecule has 1 spiro atoms. The Hall–Kier alpha value is 0.0600. The molecule has 2 aliphatic rings. The largest absolute Gasteiger partial charge is 0.379 e. The molecule has 0 N–H and O–H groups in total. The molecule has 0 unspecified atom stereocenters. The third-order valence-corrected chi connectivity index (χ3v) is 5.28. The Labute approximate surface area is 114 Å². The second kappa shape index (κ2) is 4.97. The lowest BCUT2D eigenvalue weighted by molar-refractivity contribution is -0.0745. The first-order valence-electron chi connectivity index (χ1n) is 5.92. The van der Waals surface area contributed by atoms with E-state index in [1.54, 1.807) is 0 Å². The highest BCUT2D eigenvalue weighted by atomic mass is 79.9. The van der Waals surface area contributed by atoms with E-state index >= 15 is 0 Å². The van der Waals surface area contributed by atoms with Crippen LogP contribution in [0.3, 0.4) is 0 Å². The summed E-state index contributed by atoms with van der Waals surface area (Å²) in [5.41, 5.74) is 0.134. The summed E-state index contributed by atoms with van der Waals surface area (Å²) in [7, 11) is 0. The predicted molar refractivity (Wildman–Crippen MR) is 71.4 cm³/mol. The smallest absolute Gasteiger partial charge is 0.0704 e. The van der Waals surface area contributed by atoms with Gasteiger partial charge in [-0.3, -0.25) is 4.90 Å². The minimum Gasteiger partial charge on any atom is -0.379 e. The summed E-state index contributed by atoms with van der Waals surface area (Å²) in [4.78, 5) is 3.95. The van der Waals surface area contributed by atoms with Crippen molar-refractivity contribution in [2.24, 2.45) is 0 Å². The summed E-state index contributed by atoms with van der Waals surface area (Å²) >= 11 is 5.33. The molecule has 3 heterocycles. The molecule has 3 nitrogen and oxygen atoms in total. The standard InChI is InChI=1S/C12H16BrNO2S/c13-10-5-11(17-7-10)6-14-2-4-16-9-12(14)1-3-15-8-12/h5,7H,1-4,6,8-9H2/t12-/m0/s1. The lowest BCUT2D eigenvalue weighted by atomic mass is 9.96. The molecule has 0 aromatic carbocycles. The van der Waals surface area contributed by atoms with Crippen molar-refractivity contribution < 1.29 is 9.47 Å². The second-order valence-corrected chi connectivity index (χ2v) is 6.64. The summed E-state index contributed by atoms with van der Waals surface area (Å²) in [5.74, 6) is 0. The molecule has 2 fully saturated rings. The van der Waals surface area contributed by atoms with Crippen molar-refractivity contribution in [2.45, 2.75) is 18.5 Å². The van der Waals surface area contributed by atoms with E-state index in [9.17, 15) is 0 Å². The molecule has 0 saturated carbocycles. The molecule has 17 heavy (non-hydrogen) atoms. The molecule has 2 saturated heterocycles. The van der Waals surface area contributed by atoms with Gasteiger partial charge in [-0.1, -0.05) is 0 Å². The van der Waals surface area contributed by atoms with Crippen LogP contribution in [0, 0.1) is 0 Å². The molecule has 0 bridgehead atoms. The van der Waals surface area contributed by atoms with Gasteiger partial charge in [0, 0.05) is 34.4 Å². The molecule has 0 amide bonds. The van der Waals surface area contributed by atoms with Gasteiger partial charge in [0.25, 0.3) is 0 Å². The van der Waals surface area contributed by atoms with Gasteiger partial charge in [-0.2, -0.15) is 0 Å². The number of nitrogens with zero attached hydrogens (tertiary/aromatic N) is 1. The molecule has 2 aliphatic heterocycles. The van der Waals surface area contributed by atoms with Crippen LogP contribution in [0.25, 0.3) is 0 Å². The van der Waals surface area contributed by atoms with Gasteiger partial charge in [0.2, 0.25) is 0 Å². The number of halogens is 1. The van der Waals surface area contributed by atoms with E-state index in [-0.39, 0.29) is 5.54 Å². The first kappa shape index (κ1) is 12.1. The van der Waals surface area contributed by atoms with Crippen molar-refractivity contribution in [1.82, 2.24) is 4.90 Å². The van der Waals surface area contributed by atoms with Crippen LogP contribution in [0.1, 0.15) is 11.3 Å². The van der Waals surface area contributed by atoms with Gasteiger partial charge in [0.1, 0.15) is 0 Å². The van der Waals surface area contributed by atoms with Crippen molar-refractivity contribution in [3.05, 3.63) is 20.8 Å². The predicted octanol–water partition coefficient (Wildman–Crippen LogP) is 2.50. The van der Waals surface area contributed by atoms with Crippen LogP contribution in [0.4, 0.5) is 0 Å². The Bertz CT molecular complexity index is 390. The van der Waals surface area contributed by atoms with Crippen molar-refractivity contribution in [1.29, 1.82) is 0 Å². The van der Waals surface area contributed by atoms with Crippen LogP contribution < -0.4 is 0 Å². The molecular weight excluding hydrogens is 302 g/mol. The minimum atomic E-state index is 0.134. The van der Waals surface area contributed by atoms with Crippen molar-refractivity contribution >= 4 is 27.3 Å². The monoisotopic (exact) mass is 317 g/mol. The van der Waals surface area contributed by atoms with Gasteiger partial charge >= 0.3 is 0 Å². The summed E-state index contributed by atoms with van der Waals surface area (Å²) < 4.78 is 12.4. The quantitative estimate of drug-likeness (QED) is 0.836. The summed E-state index contributed by atoms with van der Waals surface area (Å²) in [6.07, 6.45) is 1.10. The number of rotatable bonds is 2. The topological polar surface area (TPSA) is 21.7 Å². The Kier molecular flexibility index (Phi) is 3.54. The van der Waals surface area contributed by atoms with E-state index in [4.69, 9.17) is 9.47 Å². The third-order valence-electron chi connectivity index (χ3n) is 3.60. The van der Waals surface area contributed by atoms with Crippen LogP contribution in [0.2, 0.25) is 0 Å². The molecule has 1 aromatic heterocycles. The van der Waals surface area contributed by atoms with Crippen LogP contribution in [-0.2, 0) is 16.0 Å². The highest BCUT2D eigenvalue weighted by molar-refractivity contribution is 9.10. The average molecular weight is 318 g/mol. The van der Waals surface area contributed by atoms with E-state index in [0.717, 1.165) is 45.9 Å². The fraction of sp³-hybridized carbons (Fsp3) is 0.667. The van der Waals surface area contributed by atoms with E-state index in [1.807, 2.05) is 11.3 Å². The Balaban J connectivity index is 1.75. The van der Waals surface area contributed by atoms with Gasteiger partial charge in [0.05, 0.1) is 25.4 Å². The lowest BCUT2D eigenvalue weighted by Crippen LogP contribution is -2.56. The van der Waals surface area contributed by atoms with Gasteiger partial charge in [-0.25, -0.2) is 0 Å². The summed E-state index contributed by atoms with van der Waals surface area (Å²) in [6.45, 7) is 5.38. The molecule has 0 radical (unpaired) electrons. The maximum Gasteiger partial charge on any atom is 0.0704 e. The molecule has 94 valence electrons. The van der Waals surface area contributed by atoms with Gasteiger partial charge in [-0.15, -0.1) is 11.3 Å². The van der Waals surface area contributed by atoms with Gasteiger partial charge in [-0.05, 0) is 28.4 Å². The zero-order chi connectivity index (χ0) is 11.7. The zero-order valence-corrected chi connectivity index (χ0v) is 12.1. The van der Waals surface area contributed by atoms with E-state index in [2.05, 4.69) is 32.3 Å². The molecule has 3 rings (SSSR count). The maximum atomic E-state index is 5.65. The summed E-state index contributed by atoms with van der Waals surface area (Å²) in [6, 6.07) is 2.21. The third kappa shape index (κ3) is 2.44. The van der Waals surface area contributed by atoms with Crippen LogP contribution in [-0.4, -0.2) is 43.4 Å². The number of ether oxygens (including phenoxy) is 2. The first-order chi connectivity index (χ1) is 8.28. The first-order valence-corrected chi connectivity index (χ1v) is 7.59. The molecule has 0 aliphatic carbocycles. The minimum absolute atomic E-state index is 0.134. The van der Waals surface area contributed by atoms with E-state index in [0.29, 0.717) is 0 Å². The molecule has 1 atom stereocenters. The Morgan fingerprint density at radius 1 is 1.35 bits per heavy atom. The zero-order valence-electron chi connectivity index (χ0n) is 9.65. The number of hydrogen-bond donors (Lipinski definition) is 0. The molecule has 5 heteroatoms. The van der Waals surface area contributed by atoms with E-state index in [1.165, 1.54) is 9.35 Å². The molecular formula is C12H16BrNO2S. The van der Waals surface area contributed by atoms with Gasteiger partial charge in [0.15, 0.2) is 0 Å². The lowest BCUT2D eigenvalue weighted by Gasteiger charge is -2.43. The van der Waals surface area contributed by atoms with Gasteiger partial charge < -0.3 is 9.47 Å². The number of morpholine rings is 1. The number of thiophene rings is 1. The van der Waals surface area contributed by atoms with Crippen molar-refractivity contribution in [2.75, 3.05) is 33.0 Å². The maximum absolute atomic E-state index is 5.65. The molecule has 1 aromatic rings. The fourth-order valence-corrected chi connectivity index (χ4v) is 4.06. The van der Waals surface area contributed by atoms with Crippen molar-refractivity contribution in [3.8, 4) is 0 Å². The number of hydrogen-bond acceptors (Lipinski definition) is 4. The average Bonchev–Trinajstić information content (AvgIpc) is 2.93.